The number of carbonyl (C=O) groups excluding carboxylic acids is 1. The molecule has 2 aromatic carbocycles. The molecule has 0 aliphatic carbocycles. The summed E-state index contributed by atoms with van der Waals surface area (Å²) < 4.78 is 4.85. The van der Waals surface area contributed by atoms with Crippen molar-refractivity contribution in [3.8, 4) is 0 Å². The van der Waals surface area contributed by atoms with Crippen LogP contribution in [0.3, 0.4) is 0 Å². The van der Waals surface area contributed by atoms with Crippen LogP contribution in [-0.4, -0.2) is 23.7 Å². The van der Waals surface area contributed by atoms with Crippen LogP contribution in [0, 0.1) is 0 Å². The van der Waals surface area contributed by atoms with Crippen LogP contribution >= 0.6 is 0 Å². The van der Waals surface area contributed by atoms with Gasteiger partial charge in [0.05, 0.1) is 6.61 Å². The smallest absolute Gasteiger partial charge is 0.324 e. The molecule has 2 aromatic rings. The van der Waals surface area contributed by atoms with Gasteiger partial charge >= 0.3 is 11.9 Å². The summed E-state index contributed by atoms with van der Waals surface area (Å²) in [6.07, 6.45) is 0. The molecule has 1 atom stereocenters. The number of carboxylic acid groups (broad SMARTS) is 1. The first-order valence-corrected chi connectivity index (χ1v) is 6.02. The molecule has 0 aromatic heterocycles. The predicted molar refractivity (Wildman–Crippen MR) is 71.0 cm³/mol. The standard InChI is InChI=1S/C15H14O4/c1-2-19-15(18)13(14(16)17)12-9-5-7-10-6-3-4-8-11(10)12/h3-9,13H,2H2,1H3,(H,16,17). The molecule has 4 heteroatoms. The van der Waals surface area contributed by atoms with Gasteiger partial charge in [0.15, 0.2) is 5.92 Å². The Bertz CT molecular complexity index is 613. The van der Waals surface area contributed by atoms with Crippen molar-refractivity contribution in [2.45, 2.75) is 12.8 Å². The van der Waals surface area contributed by atoms with Gasteiger partial charge in [-0.05, 0) is 23.3 Å². The lowest BCUT2D eigenvalue weighted by Gasteiger charge is -2.14. The van der Waals surface area contributed by atoms with E-state index in [1.54, 1.807) is 25.1 Å². The van der Waals surface area contributed by atoms with Gasteiger partial charge in [-0.1, -0.05) is 42.5 Å². The van der Waals surface area contributed by atoms with Gasteiger partial charge in [0.2, 0.25) is 0 Å². The van der Waals surface area contributed by atoms with Crippen molar-refractivity contribution in [3.05, 3.63) is 48.0 Å². The first-order chi connectivity index (χ1) is 9.15. The molecule has 0 heterocycles. The van der Waals surface area contributed by atoms with Crippen LogP contribution in [0.5, 0.6) is 0 Å². The number of carboxylic acids is 1. The van der Waals surface area contributed by atoms with Gasteiger partial charge in [0.1, 0.15) is 0 Å². The third-order valence-corrected chi connectivity index (χ3v) is 2.90. The van der Waals surface area contributed by atoms with Crippen molar-refractivity contribution in [2.75, 3.05) is 6.61 Å². The molecule has 98 valence electrons. The molecule has 0 aliphatic rings. The van der Waals surface area contributed by atoms with Crippen LogP contribution in [-0.2, 0) is 14.3 Å². The van der Waals surface area contributed by atoms with Gasteiger partial charge in [0, 0.05) is 0 Å². The number of carbonyl (C=O) groups is 2. The average molecular weight is 258 g/mol. The topological polar surface area (TPSA) is 63.6 Å². The Morgan fingerprint density at radius 2 is 1.84 bits per heavy atom. The summed E-state index contributed by atoms with van der Waals surface area (Å²) in [4.78, 5) is 23.2. The third-order valence-electron chi connectivity index (χ3n) is 2.90. The molecule has 0 radical (unpaired) electrons. The molecular weight excluding hydrogens is 244 g/mol. The van der Waals surface area contributed by atoms with Crippen molar-refractivity contribution in [1.29, 1.82) is 0 Å². The number of aliphatic carboxylic acids is 1. The second kappa shape index (κ2) is 5.52. The average Bonchev–Trinajstić information content (AvgIpc) is 2.39. The number of fused-ring (bicyclic) bond motifs is 1. The van der Waals surface area contributed by atoms with E-state index in [4.69, 9.17) is 4.74 Å². The monoisotopic (exact) mass is 258 g/mol. The second-order valence-corrected chi connectivity index (χ2v) is 4.09. The van der Waals surface area contributed by atoms with E-state index >= 15 is 0 Å². The Balaban J connectivity index is 2.56. The Kier molecular flexibility index (Phi) is 3.80. The summed E-state index contributed by atoms with van der Waals surface area (Å²) in [6.45, 7) is 1.81. The number of hydrogen-bond acceptors (Lipinski definition) is 3. The highest BCUT2D eigenvalue weighted by Crippen LogP contribution is 2.27. The molecule has 0 spiro atoms. The lowest BCUT2D eigenvalue weighted by atomic mass is 9.93. The van der Waals surface area contributed by atoms with E-state index in [9.17, 15) is 14.7 Å². The summed E-state index contributed by atoms with van der Waals surface area (Å²) >= 11 is 0. The molecule has 0 saturated heterocycles. The van der Waals surface area contributed by atoms with Crippen molar-refractivity contribution >= 4 is 22.7 Å². The Labute approximate surface area is 110 Å². The molecule has 2 rings (SSSR count). The molecule has 0 fully saturated rings. The van der Waals surface area contributed by atoms with E-state index in [2.05, 4.69) is 0 Å². The Morgan fingerprint density at radius 3 is 2.53 bits per heavy atom. The molecular formula is C15H14O4. The molecule has 19 heavy (non-hydrogen) atoms. The fraction of sp³-hybridized carbons (Fsp3) is 0.200. The Morgan fingerprint density at radius 1 is 1.16 bits per heavy atom. The second-order valence-electron chi connectivity index (χ2n) is 4.09. The van der Waals surface area contributed by atoms with Gasteiger partial charge < -0.3 is 9.84 Å². The largest absolute Gasteiger partial charge is 0.480 e. The normalized spacial score (nSPS) is 12.1. The summed E-state index contributed by atoms with van der Waals surface area (Å²) in [5.74, 6) is -3.22. The van der Waals surface area contributed by atoms with Gasteiger partial charge in [-0.3, -0.25) is 9.59 Å². The van der Waals surface area contributed by atoms with E-state index < -0.39 is 17.9 Å². The van der Waals surface area contributed by atoms with Crippen molar-refractivity contribution < 1.29 is 19.4 Å². The van der Waals surface area contributed by atoms with E-state index in [1.165, 1.54) is 0 Å². The van der Waals surface area contributed by atoms with Crippen LogP contribution in [0.1, 0.15) is 18.4 Å². The molecule has 0 saturated carbocycles. The molecule has 0 bridgehead atoms. The van der Waals surface area contributed by atoms with Crippen LogP contribution in [0.25, 0.3) is 10.8 Å². The van der Waals surface area contributed by atoms with E-state index in [0.717, 1.165) is 10.8 Å². The predicted octanol–water partition coefficient (Wildman–Crippen LogP) is 2.57. The lowest BCUT2D eigenvalue weighted by molar-refractivity contribution is -0.153. The van der Waals surface area contributed by atoms with E-state index in [0.29, 0.717) is 5.56 Å². The molecule has 0 aliphatic heterocycles. The summed E-state index contributed by atoms with van der Waals surface area (Å²) in [5, 5.41) is 10.9. The molecule has 0 amide bonds. The van der Waals surface area contributed by atoms with Crippen LogP contribution in [0.15, 0.2) is 42.5 Å². The highest BCUT2D eigenvalue weighted by atomic mass is 16.5. The fourth-order valence-corrected chi connectivity index (χ4v) is 2.09. The summed E-state index contributed by atoms with van der Waals surface area (Å²) in [6, 6.07) is 12.6. The van der Waals surface area contributed by atoms with Crippen LogP contribution in [0.2, 0.25) is 0 Å². The number of benzene rings is 2. The van der Waals surface area contributed by atoms with Crippen LogP contribution in [0.4, 0.5) is 0 Å². The zero-order valence-corrected chi connectivity index (χ0v) is 10.5. The number of hydrogen-bond donors (Lipinski definition) is 1. The number of rotatable bonds is 4. The number of esters is 1. The van der Waals surface area contributed by atoms with Gasteiger partial charge in [-0.15, -0.1) is 0 Å². The molecule has 4 nitrogen and oxygen atoms in total. The minimum Gasteiger partial charge on any atom is -0.480 e. The maximum Gasteiger partial charge on any atom is 0.324 e. The maximum atomic E-state index is 11.8. The quantitative estimate of drug-likeness (QED) is 0.676. The SMILES string of the molecule is CCOC(=O)C(C(=O)O)c1cccc2ccccc12. The van der Waals surface area contributed by atoms with Crippen molar-refractivity contribution in [1.82, 2.24) is 0 Å². The zero-order valence-electron chi connectivity index (χ0n) is 10.5. The first kappa shape index (κ1) is 13.1. The van der Waals surface area contributed by atoms with Crippen molar-refractivity contribution in [2.24, 2.45) is 0 Å². The van der Waals surface area contributed by atoms with Crippen molar-refractivity contribution in [3.63, 3.8) is 0 Å². The molecule has 1 N–H and O–H groups in total. The maximum absolute atomic E-state index is 11.8. The zero-order chi connectivity index (χ0) is 13.8. The van der Waals surface area contributed by atoms with E-state index in [1.807, 2.05) is 24.3 Å². The number of ether oxygens (including phenoxy) is 1. The first-order valence-electron chi connectivity index (χ1n) is 6.02. The molecule has 1 unspecified atom stereocenters. The van der Waals surface area contributed by atoms with Gasteiger partial charge in [-0.2, -0.15) is 0 Å². The van der Waals surface area contributed by atoms with Gasteiger partial charge in [-0.25, -0.2) is 0 Å². The summed E-state index contributed by atoms with van der Waals surface area (Å²) in [5.41, 5.74) is 0.462. The minimum atomic E-state index is -1.29. The highest BCUT2D eigenvalue weighted by Gasteiger charge is 2.30. The minimum absolute atomic E-state index is 0.160. The highest BCUT2D eigenvalue weighted by molar-refractivity contribution is 6.04. The van der Waals surface area contributed by atoms with E-state index in [-0.39, 0.29) is 6.61 Å². The Hall–Kier alpha value is -2.36. The third kappa shape index (κ3) is 2.57. The summed E-state index contributed by atoms with van der Waals surface area (Å²) in [7, 11) is 0. The van der Waals surface area contributed by atoms with Gasteiger partial charge in [0.25, 0.3) is 0 Å². The lowest BCUT2D eigenvalue weighted by Crippen LogP contribution is -2.24. The fourth-order valence-electron chi connectivity index (χ4n) is 2.09. The van der Waals surface area contributed by atoms with Crippen LogP contribution < -0.4 is 0 Å².